The highest BCUT2D eigenvalue weighted by molar-refractivity contribution is 5.83. The predicted molar refractivity (Wildman–Crippen MR) is 133 cm³/mol. The number of nitrogens with zero attached hydrogens (tertiary/aromatic N) is 4. The fourth-order valence-electron chi connectivity index (χ4n) is 3.85. The van der Waals surface area contributed by atoms with Crippen LogP contribution in [0.15, 0.2) is 54.6 Å². The lowest BCUT2D eigenvalue weighted by atomic mass is 10.2. The van der Waals surface area contributed by atoms with E-state index in [4.69, 9.17) is 14.7 Å². The number of methoxy groups -OCH3 is 1. The minimum absolute atomic E-state index is 0.0219. The maximum atomic E-state index is 9.73. The normalized spacial score (nSPS) is 12.5. The summed E-state index contributed by atoms with van der Waals surface area (Å²) in [4.78, 5) is 14.0. The highest BCUT2D eigenvalue weighted by atomic mass is 16.5. The third-order valence-corrected chi connectivity index (χ3v) is 5.69. The topological polar surface area (TPSA) is 85.8 Å². The summed E-state index contributed by atoms with van der Waals surface area (Å²) in [5, 5.41) is 16.7. The van der Waals surface area contributed by atoms with Gasteiger partial charge >= 0.3 is 0 Å². The first-order valence-electron chi connectivity index (χ1n) is 11.3. The van der Waals surface area contributed by atoms with Crippen LogP contribution in [0.25, 0.3) is 0 Å². The summed E-state index contributed by atoms with van der Waals surface area (Å²) in [7, 11) is 1.67. The molecule has 0 saturated carbocycles. The molecule has 0 amide bonds. The van der Waals surface area contributed by atoms with Gasteiger partial charge in [-0.15, -0.1) is 0 Å². The molecular formula is C25H32N6O2. The number of rotatable bonds is 10. The van der Waals surface area contributed by atoms with Gasteiger partial charge < -0.3 is 30.3 Å². The smallest absolute Gasteiger partial charge is 0.229 e. The Labute approximate surface area is 195 Å². The molecule has 174 valence electrons. The van der Waals surface area contributed by atoms with E-state index in [1.54, 1.807) is 7.11 Å². The Bertz CT molecular complexity index is 1040. The van der Waals surface area contributed by atoms with Crippen LogP contribution in [-0.2, 0) is 13.1 Å². The Kier molecular flexibility index (Phi) is 7.14. The van der Waals surface area contributed by atoms with Crippen LogP contribution < -0.4 is 25.2 Å². The second-order valence-electron chi connectivity index (χ2n) is 8.30. The van der Waals surface area contributed by atoms with Crippen molar-refractivity contribution in [3.05, 3.63) is 65.7 Å². The maximum absolute atomic E-state index is 9.73. The van der Waals surface area contributed by atoms with Crippen molar-refractivity contribution in [1.29, 1.82) is 0 Å². The van der Waals surface area contributed by atoms with Crippen molar-refractivity contribution in [1.82, 2.24) is 9.97 Å². The molecule has 2 aromatic carbocycles. The number of aliphatic hydroxyl groups excluding tert-OH is 1. The summed E-state index contributed by atoms with van der Waals surface area (Å²) in [6.07, 6.45) is 0. The van der Waals surface area contributed by atoms with Crippen LogP contribution in [0, 0.1) is 0 Å². The van der Waals surface area contributed by atoms with Gasteiger partial charge in [0.2, 0.25) is 5.95 Å². The number of anilines is 4. The first-order valence-corrected chi connectivity index (χ1v) is 11.3. The second-order valence-corrected chi connectivity index (χ2v) is 8.30. The van der Waals surface area contributed by atoms with Crippen molar-refractivity contribution in [2.45, 2.75) is 33.0 Å². The van der Waals surface area contributed by atoms with Crippen LogP contribution in [0.4, 0.5) is 23.3 Å². The molecule has 2 heterocycles. The zero-order chi connectivity index (χ0) is 23.2. The van der Waals surface area contributed by atoms with E-state index in [0.717, 1.165) is 34.2 Å². The van der Waals surface area contributed by atoms with Gasteiger partial charge in [-0.05, 0) is 37.1 Å². The van der Waals surface area contributed by atoms with E-state index in [-0.39, 0.29) is 12.6 Å². The molecule has 1 aromatic heterocycles. The van der Waals surface area contributed by atoms with Crippen LogP contribution in [0.5, 0.6) is 5.75 Å². The van der Waals surface area contributed by atoms with Crippen LogP contribution in [-0.4, -0.2) is 48.0 Å². The first kappa shape index (κ1) is 22.7. The molecule has 0 radical (unpaired) electrons. The fourth-order valence-corrected chi connectivity index (χ4v) is 3.85. The molecule has 0 unspecified atom stereocenters. The Morgan fingerprint density at radius 2 is 1.85 bits per heavy atom. The lowest BCUT2D eigenvalue weighted by Gasteiger charge is -2.26. The number of hydrogen-bond donors (Lipinski definition) is 3. The molecular weight excluding hydrogens is 416 g/mol. The van der Waals surface area contributed by atoms with Crippen LogP contribution in [0.3, 0.4) is 0 Å². The van der Waals surface area contributed by atoms with Crippen LogP contribution in [0.1, 0.15) is 25.0 Å². The number of aromatic nitrogens is 2. The first-order chi connectivity index (χ1) is 16.1. The molecule has 0 spiro atoms. The Morgan fingerprint density at radius 3 is 2.52 bits per heavy atom. The second kappa shape index (κ2) is 10.4. The van der Waals surface area contributed by atoms with Crippen molar-refractivity contribution in [2.75, 3.05) is 47.4 Å². The van der Waals surface area contributed by atoms with E-state index in [1.165, 1.54) is 0 Å². The van der Waals surface area contributed by atoms with E-state index in [9.17, 15) is 5.11 Å². The Balaban J connectivity index is 1.65. The third-order valence-electron chi connectivity index (χ3n) is 5.69. The fraction of sp³-hybridized carbons (Fsp3) is 0.360. The number of ether oxygens (including phenoxy) is 1. The molecule has 3 aromatic rings. The van der Waals surface area contributed by atoms with Crippen molar-refractivity contribution >= 4 is 23.3 Å². The van der Waals surface area contributed by atoms with Gasteiger partial charge in [0.15, 0.2) is 11.6 Å². The highest BCUT2D eigenvalue weighted by Crippen LogP contribution is 2.38. The number of nitrogens with one attached hydrogen (secondary N) is 2. The number of aliphatic hydroxyl groups is 1. The lowest BCUT2D eigenvalue weighted by Crippen LogP contribution is -2.32. The molecule has 0 aliphatic carbocycles. The van der Waals surface area contributed by atoms with Gasteiger partial charge in [-0.25, -0.2) is 0 Å². The summed E-state index contributed by atoms with van der Waals surface area (Å²) >= 11 is 0. The molecule has 1 aliphatic heterocycles. The molecule has 0 fully saturated rings. The van der Waals surface area contributed by atoms with E-state index in [2.05, 4.69) is 41.5 Å². The summed E-state index contributed by atoms with van der Waals surface area (Å²) in [5.74, 6) is 3.06. The predicted octanol–water partition coefficient (Wildman–Crippen LogP) is 3.69. The molecule has 1 aliphatic rings. The molecule has 8 heteroatoms. The highest BCUT2D eigenvalue weighted by Gasteiger charge is 2.28. The van der Waals surface area contributed by atoms with Crippen molar-refractivity contribution in [2.24, 2.45) is 0 Å². The van der Waals surface area contributed by atoms with Gasteiger partial charge in [0.1, 0.15) is 11.4 Å². The molecule has 8 nitrogen and oxygen atoms in total. The average molecular weight is 449 g/mol. The Hall–Kier alpha value is -3.52. The minimum atomic E-state index is 0.0219. The van der Waals surface area contributed by atoms with Crippen molar-refractivity contribution < 1.29 is 9.84 Å². The standard InChI is InChI=1S/C25H32N6O2/c1-18(2)31-17-27-22-23(26-15-19-9-11-21(33-3)12-10-19)28-25(29-24(22)31)30(13-14-32)16-20-7-5-4-6-8-20/h4-12,18,27,32H,13-17H2,1-3H3,(H,26,28,29). The van der Waals surface area contributed by atoms with Gasteiger partial charge in [0, 0.05) is 25.7 Å². The largest absolute Gasteiger partial charge is 0.497 e. The van der Waals surface area contributed by atoms with Crippen LogP contribution in [0.2, 0.25) is 0 Å². The summed E-state index contributed by atoms with van der Waals surface area (Å²) in [6, 6.07) is 18.4. The summed E-state index contributed by atoms with van der Waals surface area (Å²) < 4.78 is 5.26. The number of fused-ring (bicyclic) bond motifs is 1. The quantitative estimate of drug-likeness (QED) is 0.433. The van der Waals surface area contributed by atoms with E-state index < -0.39 is 0 Å². The van der Waals surface area contributed by atoms with Crippen molar-refractivity contribution in [3.8, 4) is 5.75 Å². The van der Waals surface area contributed by atoms with Gasteiger partial charge in [0.05, 0.1) is 20.4 Å². The number of hydrogen-bond acceptors (Lipinski definition) is 8. The van der Waals surface area contributed by atoms with Gasteiger partial charge in [0.25, 0.3) is 0 Å². The van der Waals surface area contributed by atoms with E-state index in [1.807, 2.05) is 47.4 Å². The minimum Gasteiger partial charge on any atom is -0.497 e. The molecule has 33 heavy (non-hydrogen) atoms. The van der Waals surface area contributed by atoms with Gasteiger partial charge in [-0.1, -0.05) is 42.5 Å². The zero-order valence-electron chi connectivity index (χ0n) is 19.5. The van der Waals surface area contributed by atoms with E-state index in [0.29, 0.717) is 32.3 Å². The van der Waals surface area contributed by atoms with E-state index >= 15 is 0 Å². The van der Waals surface area contributed by atoms with Gasteiger partial charge in [-0.2, -0.15) is 9.97 Å². The maximum Gasteiger partial charge on any atom is 0.229 e. The SMILES string of the molecule is COc1ccc(CNc2nc(N(CCO)Cc3ccccc3)nc3c2NCN3C(C)C)cc1. The summed E-state index contributed by atoms with van der Waals surface area (Å²) in [5.41, 5.74) is 3.17. The zero-order valence-corrected chi connectivity index (χ0v) is 19.5. The lowest BCUT2D eigenvalue weighted by molar-refractivity contribution is 0.301. The third kappa shape index (κ3) is 5.28. The Morgan fingerprint density at radius 1 is 1.09 bits per heavy atom. The molecule has 0 bridgehead atoms. The monoisotopic (exact) mass is 448 g/mol. The van der Waals surface area contributed by atoms with Gasteiger partial charge in [-0.3, -0.25) is 0 Å². The summed E-state index contributed by atoms with van der Waals surface area (Å²) in [6.45, 7) is 6.69. The molecule has 0 saturated heterocycles. The van der Waals surface area contributed by atoms with Crippen LogP contribution >= 0.6 is 0 Å². The molecule has 3 N–H and O–H groups in total. The van der Waals surface area contributed by atoms with Crippen molar-refractivity contribution in [3.63, 3.8) is 0 Å². The molecule has 0 atom stereocenters. The average Bonchev–Trinajstić information content (AvgIpc) is 3.28. The molecule has 4 rings (SSSR count). The number of benzene rings is 2.